The van der Waals surface area contributed by atoms with Crippen molar-refractivity contribution in [2.45, 2.75) is 283 Å². The zero-order valence-corrected chi connectivity index (χ0v) is 41.7. The van der Waals surface area contributed by atoms with Gasteiger partial charge in [0.15, 0.2) is 0 Å². The van der Waals surface area contributed by atoms with Gasteiger partial charge in [-0.25, -0.2) is 0 Å². The number of aliphatic hydroxyl groups excluding tert-OH is 2. The second-order valence-corrected chi connectivity index (χ2v) is 18.3. The first-order chi connectivity index (χ1) is 31.0. The minimum atomic E-state index is -0.800. The largest absolute Gasteiger partial charge is 0.462 e. The van der Waals surface area contributed by atoms with Crippen LogP contribution in [0, 0.1) is 0 Å². The third-order valence-electron chi connectivity index (χ3n) is 12.2. The van der Waals surface area contributed by atoms with Crippen LogP contribution >= 0.6 is 0 Å². The molecule has 0 aromatic rings. The molecule has 0 radical (unpaired) electrons. The molecule has 3 N–H and O–H groups in total. The number of amides is 1. The first kappa shape index (κ1) is 60.6. The second kappa shape index (κ2) is 50.6. The van der Waals surface area contributed by atoms with Crippen LogP contribution in [0.3, 0.4) is 0 Å². The molecule has 1 amide bonds. The lowest BCUT2D eigenvalue weighted by atomic mass is 10.0. The van der Waals surface area contributed by atoms with E-state index in [2.05, 4.69) is 86.8 Å². The van der Waals surface area contributed by atoms with Crippen molar-refractivity contribution in [2.24, 2.45) is 0 Å². The van der Waals surface area contributed by atoms with Gasteiger partial charge < -0.3 is 20.3 Å². The summed E-state index contributed by atoms with van der Waals surface area (Å²) in [6.07, 6.45) is 62.8. The Balaban J connectivity index is 4.63. The monoisotopic (exact) mass is 882 g/mol. The van der Waals surface area contributed by atoms with E-state index in [0.717, 1.165) is 96.3 Å². The summed E-state index contributed by atoms with van der Waals surface area (Å²) < 4.78 is 5.92. The summed E-state index contributed by atoms with van der Waals surface area (Å²) in [5.41, 5.74) is 0. The zero-order valence-electron chi connectivity index (χ0n) is 41.7. The topological polar surface area (TPSA) is 95.9 Å². The maximum Gasteiger partial charge on any atom is 0.306 e. The highest BCUT2D eigenvalue weighted by Crippen LogP contribution is 2.18. The number of nitrogens with one attached hydrogen (secondary N) is 1. The molecule has 63 heavy (non-hydrogen) atoms. The van der Waals surface area contributed by atoms with E-state index in [1.165, 1.54) is 122 Å². The Morgan fingerprint density at radius 1 is 0.476 bits per heavy atom. The van der Waals surface area contributed by atoms with Crippen molar-refractivity contribution in [1.29, 1.82) is 0 Å². The van der Waals surface area contributed by atoms with E-state index in [4.69, 9.17) is 4.74 Å². The van der Waals surface area contributed by atoms with E-state index in [1.54, 1.807) is 0 Å². The van der Waals surface area contributed by atoms with Crippen molar-refractivity contribution in [2.75, 3.05) is 6.61 Å². The predicted octanol–water partition coefficient (Wildman–Crippen LogP) is 16.4. The minimum Gasteiger partial charge on any atom is -0.462 e. The molecule has 0 aliphatic carbocycles. The van der Waals surface area contributed by atoms with Gasteiger partial charge in [-0.15, -0.1) is 0 Å². The van der Waals surface area contributed by atoms with Gasteiger partial charge in [0.1, 0.15) is 6.10 Å². The van der Waals surface area contributed by atoms with Crippen molar-refractivity contribution in [1.82, 2.24) is 5.32 Å². The highest BCUT2D eigenvalue weighted by atomic mass is 16.5. The highest BCUT2D eigenvalue weighted by molar-refractivity contribution is 5.77. The number of unbranched alkanes of at least 4 members (excludes halogenated alkanes) is 29. The number of aliphatic hydroxyl groups is 2. The van der Waals surface area contributed by atoms with Crippen LogP contribution in [0.5, 0.6) is 0 Å². The van der Waals surface area contributed by atoms with Crippen LogP contribution in [0.25, 0.3) is 0 Å². The maximum absolute atomic E-state index is 13.2. The van der Waals surface area contributed by atoms with Crippen LogP contribution in [0.1, 0.15) is 265 Å². The number of ether oxygens (including phenoxy) is 1. The Labute approximate surface area is 390 Å². The molecule has 0 aliphatic heterocycles. The van der Waals surface area contributed by atoms with Gasteiger partial charge in [-0.05, 0) is 70.6 Å². The van der Waals surface area contributed by atoms with E-state index < -0.39 is 18.2 Å². The molecule has 6 nitrogen and oxygen atoms in total. The van der Waals surface area contributed by atoms with Crippen molar-refractivity contribution in [3.8, 4) is 0 Å². The summed E-state index contributed by atoms with van der Waals surface area (Å²) >= 11 is 0. The Morgan fingerprint density at radius 2 is 0.857 bits per heavy atom. The molecule has 0 aromatic carbocycles. The van der Waals surface area contributed by atoms with E-state index in [1.807, 2.05) is 0 Å². The number of allylic oxidation sites excluding steroid dienone is 10. The van der Waals surface area contributed by atoms with Crippen LogP contribution in [0.4, 0.5) is 0 Å². The molecule has 0 heterocycles. The quantitative estimate of drug-likeness (QED) is 0.0321. The Kier molecular flexibility index (Phi) is 48.6. The lowest BCUT2D eigenvalue weighted by molar-refractivity contribution is -0.151. The van der Waals surface area contributed by atoms with Gasteiger partial charge in [-0.1, -0.05) is 242 Å². The molecule has 3 atom stereocenters. The summed E-state index contributed by atoms with van der Waals surface area (Å²) in [6, 6.07) is -0.716. The zero-order chi connectivity index (χ0) is 45.9. The van der Waals surface area contributed by atoms with Gasteiger partial charge in [0.25, 0.3) is 0 Å². The van der Waals surface area contributed by atoms with Crippen molar-refractivity contribution in [3.05, 3.63) is 60.8 Å². The molecule has 6 heteroatoms. The average Bonchev–Trinajstić information content (AvgIpc) is 3.28. The summed E-state index contributed by atoms with van der Waals surface area (Å²) in [5, 5.41) is 23.8. The molecule has 366 valence electrons. The number of hydrogen-bond acceptors (Lipinski definition) is 5. The summed E-state index contributed by atoms with van der Waals surface area (Å²) in [7, 11) is 0. The number of carbonyl (C=O) groups is 2. The van der Waals surface area contributed by atoms with Crippen LogP contribution < -0.4 is 5.32 Å². The summed E-state index contributed by atoms with van der Waals surface area (Å²) in [6.45, 7) is 6.35. The molecule has 0 bridgehead atoms. The lowest BCUT2D eigenvalue weighted by Crippen LogP contribution is -2.46. The summed E-state index contributed by atoms with van der Waals surface area (Å²) in [5.74, 6) is -0.520. The minimum absolute atomic E-state index is 0.0505. The first-order valence-electron chi connectivity index (χ1n) is 27.1. The molecule has 0 saturated heterocycles. The lowest BCUT2D eigenvalue weighted by Gasteiger charge is -2.24. The third-order valence-corrected chi connectivity index (χ3v) is 12.2. The summed E-state index contributed by atoms with van der Waals surface area (Å²) in [4.78, 5) is 26.2. The molecule has 3 unspecified atom stereocenters. The maximum atomic E-state index is 13.2. The fourth-order valence-electron chi connectivity index (χ4n) is 8.07. The van der Waals surface area contributed by atoms with Crippen LogP contribution in [-0.4, -0.2) is 46.9 Å². The van der Waals surface area contributed by atoms with E-state index >= 15 is 0 Å². The molecular weight excluding hydrogens is 779 g/mol. The Morgan fingerprint density at radius 3 is 1.32 bits per heavy atom. The van der Waals surface area contributed by atoms with Crippen LogP contribution in [-0.2, 0) is 14.3 Å². The van der Waals surface area contributed by atoms with Crippen molar-refractivity contribution in [3.63, 3.8) is 0 Å². The second-order valence-electron chi connectivity index (χ2n) is 18.3. The molecular formula is C57H103NO5. The van der Waals surface area contributed by atoms with Crippen molar-refractivity contribution >= 4 is 11.9 Å². The number of rotatable bonds is 48. The first-order valence-corrected chi connectivity index (χ1v) is 27.1. The average molecular weight is 882 g/mol. The van der Waals surface area contributed by atoms with E-state index in [9.17, 15) is 19.8 Å². The number of carbonyl (C=O) groups excluding carboxylic acids is 2. The molecule has 0 spiro atoms. The van der Waals surface area contributed by atoms with Crippen LogP contribution in [0.15, 0.2) is 60.8 Å². The van der Waals surface area contributed by atoms with Gasteiger partial charge in [0, 0.05) is 6.42 Å². The van der Waals surface area contributed by atoms with Gasteiger partial charge >= 0.3 is 5.97 Å². The fourth-order valence-corrected chi connectivity index (χ4v) is 8.07. The smallest absolute Gasteiger partial charge is 0.306 e. The Hall–Kier alpha value is -2.44. The van der Waals surface area contributed by atoms with Gasteiger partial charge in [-0.3, -0.25) is 9.59 Å². The molecule has 0 rings (SSSR count). The Bertz CT molecular complexity index is 1130. The highest BCUT2D eigenvalue weighted by Gasteiger charge is 2.24. The van der Waals surface area contributed by atoms with Crippen LogP contribution in [0.2, 0.25) is 0 Å². The molecule has 0 saturated carbocycles. The SMILES string of the molecule is CC/C=C/C=C/C=C\CCCCCCCC(=O)OC(CCCCC/C=C/C=C/CCCCCCCCC)CC(=O)NC(CO)C(O)CCCCCCCCCCCCCCCCC. The fraction of sp³-hybridized carbons (Fsp3) is 0.789. The molecule has 0 aliphatic rings. The number of hydrogen-bond donors (Lipinski definition) is 3. The molecule has 0 aromatic heterocycles. The standard InChI is InChI=1S/C57H103NO5/c1-4-7-10-13-16-19-22-25-27-29-31-33-36-39-42-45-48-53(63-57(62)50-47-44-41-38-35-30-24-21-18-15-12-9-6-3)51-56(61)58-54(52-59)55(60)49-46-43-40-37-34-32-28-26-23-20-17-14-11-8-5-2/h9,12,15,18,21,24,27,29,31,33,53-55,59-60H,4-8,10-11,13-14,16-17,19-20,22-23,25-26,28,30,32,34-52H2,1-3H3,(H,58,61)/b12-9+,18-15+,24-21-,29-27+,33-31+. The van der Waals surface area contributed by atoms with Gasteiger partial charge in [-0.2, -0.15) is 0 Å². The number of esters is 1. The van der Waals surface area contributed by atoms with Crippen molar-refractivity contribution < 1.29 is 24.5 Å². The van der Waals surface area contributed by atoms with E-state index in [-0.39, 0.29) is 24.9 Å². The molecule has 0 fully saturated rings. The van der Waals surface area contributed by atoms with Gasteiger partial charge in [0.2, 0.25) is 5.91 Å². The predicted molar refractivity (Wildman–Crippen MR) is 273 cm³/mol. The van der Waals surface area contributed by atoms with Gasteiger partial charge in [0.05, 0.1) is 25.2 Å². The van der Waals surface area contributed by atoms with E-state index in [0.29, 0.717) is 19.3 Å². The third kappa shape index (κ3) is 45.9. The normalized spacial score (nSPS) is 13.7.